The van der Waals surface area contributed by atoms with E-state index in [1.807, 2.05) is 6.92 Å². The van der Waals surface area contributed by atoms with Crippen molar-refractivity contribution in [3.63, 3.8) is 0 Å². The summed E-state index contributed by atoms with van der Waals surface area (Å²) < 4.78 is 4.88. The predicted molar refractivity (Wildman–Crippen MR) is 64.5 cm³/mol. The minimum Gasteiger partial charge on any atom is -0.383 e. The van der Waals surface area contributed by atoms with Crippen molar-refractivity contribution in [3.05, 3.63) is 18.2 Å². The number of aromatic nitrogens is 2. The molecule has 1 rings (SSSR count). The molecule has 1 atom stereocenters. The second-order valence-corrected chi connectivity index (χ2v) is 3.67. The molecule has 0 aliphatic rings. The Morgan fingerprint density at radius 1 is 1.65 bits per heavy atom. The fourth-order valence-electron chi connectivity index (χ4n) is 1.45. The number of rotatable bonds is 8. The number of amides is 1. The average molecular weight is 240 g/mol. The number of ether oxygens (including phenoxy) is 1. The third-order valence-corrected chi connectivity index (χ3v) is 2.36. The molecule has 1 aromatic heterocycles. The summed E-state index contributed by atoms with van der Waals surface area (Å²) in [4.78, 5) is 18.8. The fourth-order valence-corrected chi connectivity index (χ4v) is 1.45. The molecule has 17 heavy (non-hydrogen) atoms. The topological polar surface area (TPSA) is 79.0 Å². The molecule has 0 aliphatic heterocycles. The number of nitrogens with one attached hydrogen (secondary N) is 3. The SMILES string of the molecule is CCC(NC(=O)CNCCOC)c1ncc[nH]1. The zero-order chi connectivity index (χ0) is 12.5. The van der Waals surface area contributed by atoms with Crippen LogP contribution >= 0.6 is 0 Å². The van der Waals surface area contributed by atoms with E-state index in [-0.39, 0.29) is 11.9 Å². The summed E-state index contributed by atoms with van der Waals surface area (Å²) >= 11 is 0. The summed E-state index contributed by atoms with van der Waals surface area (Å²) in [5.74, 6) is 0.752. The summed E-state index contributed by atoms with van der Waals surface area (Å²) in [6.07, 6.45) is 4.24. The molecule has 1 amide bonds. The van der Waals surface area contributed by atoms with Gasteiger partial charge in [-0.25, -0.2) is 4.98 Å². The van der Waals surface area contributed by atoms with Crippen LogP contribution in [0.5, 0.6) is 0 Å². The largest absolute Gasteiger partial charge is 0.383 e. The molecule has 6 heteroatoms. The van der Waals surface area contributed by atoms with E-state index < -0.39 is 0 Å². The highest BCUT2D eigenvalue weighted by molar-refractivity contribution is 5.78. The molecule has 0 saturated carbocycles. The van der Waals surface area contributed by atoms with Gasteiger partial charge in [-0.15, -0.1) is 0 Å². The molecule has 1 unspecified atom stereocenters. The van der Waals surface area contributed by atoms with Crippen molar-refractivity contribution in [2.45, 2.75) is 19.4 Å². The van der Waals surface area contributed by atoms with Crippen LogP contribution in [0.3, 0.4) is 0 Å². The number of hydrogen-bond acceptors (Lipinski definition) is 4. The molecule has 0 radical (unpaired) electrons. The molecule has 0 bridgehead atoms. The second-order valence-electron chi connectivity index (χ2n) is 3.67. The van der Waals surface area contributed by atoms with Gasteiger partial charge in [0.2, 0.25) is 5.91 Å². The molecule has 0 spiro atoms. The zero-order valence-electron chi connectivity index (χ0n) is 10.3. The highest BCUT2D eigenvalue weighted by Gasteiger charge is 2.13. The first-order valence-electron chi connectivity index (χ1n) is 5.76. The first-order chi connectivity index (χ1) is 8.27. The molecule has 0 aromatic carbocycles. The van der Waals surface area contributed by atoms with Crippen molar-refractivity contribution >= 4 is 5.91 Å². The highest BCUT2D eigenvalue weighted by Crippen LogP contribution is 2.10. The van der Waals surface area contributed by atoms with E-state index in [0.29, 0.717) is 19.7 Å². The number of H-pyrrole nitrogens is 1. The van der Waals surface area contributed by atoms with Crippen LogP contribution in [0.1, 0.15) is 25.2 Å². The maximum Gasteiger partial charge on any atom is 0.234 e. The van der Waals surface area contributed by atoms with Gasteiger partial charge >= 0.3 is 0 Å². The number of hydrogen-bond donors (Lipinski definition) is 3. The maximum absolute atomic E-state index is 11.6. The molecule has 0 aliphatic carbocycles. The lowest BCUT2D eigenvalue weighted by molar-refractivity contribution is -0.121. The summed E-state index contributed by atoms with van der Waals surface area (Å²) in [6, 6.07) is -0.0540. The van der Waals surface area contributed by atoms with Gasteiger partial charge in [0.05, 0.1) is 19.2 Å². The van der Waals surface area contributed by atoms with Crippen molar-refractivity contribution in [2.75, 3.05) is 26.8 Å². The molecule has 6 nitrogen and oxygen atoms in total. The predicted octanol–water partition coefficient (Wildman–Crippen LogP) is 0.213. The average Bonchev–Trinajstić information content (AvgIpc) is 2.85. The van der Waals surface area contributed by atoms with E-state index in [1.165, 1.54) is 0 Å². The van der Waals surface area contributed by atoms with Crippen LogP contribution in [0.2, 0.25) is 0 Å². The number of nitrogens with zero attached hydrogens (tertiary/aromatic N) is 1. The van der Waals surface area contributed by atoms with Crippen molar-refractivity contribution in [1.29, 1.82) is 0 Å². The van der Waals surface area contributed by atoms with Gasteiger partial charge in [-0.3, -0.25) is 4.79 Å². The number of carbonyl (C=O) groups is 1. The Morgan fingerprint density at radius 2 is 2.47 bits per heavy atom. The van der Waals surface area contributed by atoms with Gasteiger partial charge in [0.1, 0.15) is 5.82 Å². The van der Waals surface area contributed by atoms with Crippen LogP contribution in [0.15, 0.2) is 12.4 Å². The monoisotopic (exact) mass is 240 g/mol. The Kier molecular flexibility index (Phi) is 6.27. The fraction of sp³-hybridized carbons (Fsp3) is 0.636. The minimum atomic E-state index is -0.0540. The maximum atomic E-state index is 11.6. The quantitative estimate of drug-likeness (QED) is 0.568. The van der Waals surface area contributed by atoms with Gasteiger partial charge in [0, 0.05) is 26.0 Å². The number of methoxy groups -OCH3 is 1. The second kappa shape index (κ2) is 7.81. The standard InChI is InChI=1S/C11H20N4O2/c1-3-9(11-13-4-5-14-11)15-10(16)8-12-6-7-17-2/h4-5,9,12H,3,6-8H2,1-2H3,(H,13,14)(H,15,16). The Morgan fingerprint density at radius 3 is 3.06 bits per heavy atom. The first-order valence-corrected chi connectivity index (χ1v) is 5.76. The molecule has 3 N–H and O–H groups in total. The number of imidazole rings is 1. The third kappa shape index (κ3) is 4.97. The van der Waals surface area contributed by atoms with Crippen molar-refractivity contribution in [2.24, 2.45) is 0 Å². The van der Waals surface area contributed by atoms with E-state index in [9.17, 15) is 4.79 Å². The van der Waals surface area contributed by atoms with Crippen molar-refractivity contribution in [3.8, 4) is 0 Å². The van der Waals surface area contributed by atoms with Gasteiger partial charge in [0.15, 0.2) is 0 Å². The van der Waals surface area contributed by atoms with E-state index in [1.54, 1.807) is 19.5 Å². The Labute approximate surface area is 101 Å². The van der Waals surface area contributed by atoms with Crippen molar-refractivity contribution < 1.29 is 9.53 Å². The Bertz CT molecular complexity index is 313. The Balaban J connectivity index is 2.28. The van der Waals surface area contributed by atoms with Crippen LogP contribution < -0.4 is 10.6 Å². The third-order valence-electron chi connectivity index (χ3n) is 2.36. The lowest BCUT2D eigenvalue weighted by Gasteiger charge is -2.14. The van der Waals surface area contributed by atoms with Gasteiger partial charge in [-0.05, 0) is 6.42 Å². The molecule has 0 fully saturated rings. The lowest BCUT2D eigenvalue weighted by Crippen LogP contribution is -2.37. The minimum absolute atomic E-state index is 0.0376. The molecule has 1 aromatic rings. The van der Waals surface area contributed by atoms with Gasteiger partial charge < -0.3 is 20.4 Å². The van der Waals surface area contributed by atoms with E-state index >= 15 is 0 Å². The summed E-state index contributed by atoms with van der Waals surface area (Å²) in [5, 5.41) is 5.90. The van der Waals surface area contributed by atoms with E-state index in [0.717, 1.165) is 12.2 Å². The molecule has 0 saturated heterocycles. The zero-order valence-corrected chi connectivity index (χ0v) is 10.3. The van der Waals surface area contributed by atoms with E-state index in [4.69, 9.17) is 4.74 Å². The first kappa shape index (κ1) is 13.7. The van der Waals surface area contributed by atoms with Crippen molar-refractivity contribution in [1.82, 2.24) is 20.6 Å². The van der Waals surface area contributed by atoms with Crippen LogP contribution in [0, 0.1) is 0 Å². The van der Waals surface area contributed by atoms with Crippen LogP contribution in [-0.4, -0.2) is 42.7 Å². The van der Waals surface area contributed by atoms with E-state index in [2.05, 4.69) is 20.6 Å². The van der Waals surface area contributed by atoms with Crippen LogP contribution in [0.4, 0.5) is 0 Å². The number of carbonyl (C=O) groups excluding carboxylic acids is 1. The number of aromatic amines is 1. The normalized spacial score (nSPS) is 12.4. The highest BCUT2D eigenvalue weighted by atomic mass is 16.5. The smallest absolute Gasteiger partial charge is 0.234 e. The molecule has 96 valence electrons. The van der Waals surface area contributed by atoms with Gasteiger partial charge in [-0.1, -0.05) is 6.92 Å². The summed E-state index contributed by atoms with van der Waals surface area (Å²) in [5.41, 5.74) is 0. The molecule has 1 heterocycles. The Hall–Kier alpha value is -1.40. The van der Waals surface area contributed by atoms with Gasteiger partial charge in [0.25, 0.3) is 0 Å². The summed E-state index contributed by atoms with van der Waals surface area (Å²) in [6.45, 7) is 3.57. The van der Waals surface area contributed by atoms with Gasteiger partial charge in [-0.2, -0.15) is 0 Å². The lowest BCUT2D eigenvalue weighted by atomic mass is 10.2. The van der Waals surface area contributed by atoms with Crippen LogP contribution in [-0.2, 0) is 9.53 Å². The van der Waals surface area contributed by atoms with Crippen LogP contribution in [0.25, 0.3) is 0 Å². The molecular weight excluding hydrogens is 220 g/mol. The molecular formula is C11H20N4O2. The summed E-state index contributed by atoms with van der Waals surface area (Å²) in [7, 11) is 1.63.